The maximum Gasteiger partial charge on any atom is 0.472 e. The average molecular weight is 793 g/mol. The number of ether oxygens (including phenoxy) is 2. The van der Waals surface area contributed by atoms with Crippen LogP contribution in [0.2, 0.25) is 0 Å². The van der Waals surface area contributed by atoms with Gasteiger partial charge < -0.3 is 24.6 Å². The molecule has 0 fully saturated rings. The third kappa shape index (κ3) is 41.1. The van der Waals surface area contributed by atoms with Gasteiger partial charge in [0.2, 0.25) is 0 Å². The molecule has 3 N–H and O–H groups in total. The lowest BCUT2D eigenvalue weighted by atomic mass is 10.0. The van der Waals surface area contributed by atoms with Gasteiger partial charge >= 0.3 is 13.8 Å². The minimum Gasteiger partial charge on any atom is -0.457 e. The Morgan fingerprint density at radius 2 is 0.833 bits per heavy atom. The van der Waals surface area contributed by atoms with Crippen molar-refractivity contribution in [1.82, 2.24) is 0 Å². The van der Waals surface area contributed by atoms with Crippen molar-refractivity contribution in [1.29, 1.82) is 0 Å². The van der Waals surface area contributed by atoms with E-state index in [1.807, 2.05) is 0 Å². The summed E-state index contributed by atoms with van der Waals surface area (Å²) >= 11 is 0. The SMILES string of the molecule is CCCCCCCCCCCCCCCCCCCCOCC(COP(=O)(O)OCC(O)CO)OC(=O)CCCCCCCCCCCCCCCCC. The van der Waals surface area contributed by atoms with Crippen molar-refractivity contribution in [2.24, 2.45) is 0 Å². The lowest BCUT2D eigenvalue weighted by molar-refractivity contribution is -0.154. The molecule has 0 bridgehead atoms. The first kappa shape index (κ1) is 53.5. The average Bonchev–Trinajstić information content (AvgIpc) is 3.16. The standard InChI is InChI=1S/C44H89O9P/c1-3-5-7-9-11-13-15-17-19-20-21-23-25-27-29-31-33-35-37-50-40-43(41-52-54(48,49)51-39-42(46)38-45)53-44(47)36-34-32-30-28-26-24-22-18-16-14-12-10-8-6-4-2/h42-43,45-46H,3-41H2,1-2H3,(H,48,49). The number of unbranched alkanes of at least 4 members (excludes halogenated alkanes) is 31. The molecule has 0 aliphatic carbocycles. The Kier molecular flexibility index (Phi) is 41.7. The molecule has 0 spiro atoms. The fourth-order valence-corrected chi connectivity index (χ4v) is 7.56. The van der Waals surface area contributed by atoms with Crippen molar-refractivity contribution in [3.8, 4) is 0 Å². The van der Waals surface area contributed by atoms with Crippen molar-refractivity contribution in [2.75, 3.05) is 33.0 Å². The number of phosphoric ester groups is 1. The van der Waals surface area contributed by atoms with Gasteiger partial charge in [-0.3, -0.25) is 13.8 Å². The third-order valence-electron chi connectivity index (χ3n) is 10.3. The summed E-state index contributed by atoms with van der Waals surface area (Å²) in [5.74, 6) is -0.376. The predicted octanol–water partition coefficient (Wildman–Crippen LogP) is 12.7. The van der Waals surface area contributed by atoms with Crippen LogP contribution in [0.3, 0.4) is 0 Å². The lowest BCUT2D eigenvalue weighted by Crippen LogP contribution is -2.29. The zero-order chi connectivity index (χ0) is 39.6. The second kappa shape index (κ2) is 42.1. The number of aliphatic hydroxyl groups is 2. The van der Waals surface area contributed by atoms with E-state index in [2.05, 4.69) is 13.8 Å². The summed E-state index contributed by atoms with van der Waals surface area (Å²) in [5.41, 5.74) is 0. The van der Waals surface area contributed by atoms with Crippen LogP contribution in [-0.2, 0) is 27.9 Å². The van der Waals surface area contributed by atoms with Crippen molar-refractivity contribution in [3.63, 3.8) is 0 Å². The van der Waals surface area contributed by atoms with Crippen LogP contribution in [-0.4, -0.2) is 66.3 Å². The highest BCUT2D eigenvalue weighted by Gasteiger charge is 2.26. The number of rotatable bonds is 45. The second-order valence-electron chi connectivity index (χ2n) is 15.8. The molecular weight excluding hydrogens is 703 g/mol. The van der Waals surface area contributed by atoms with E-state index in [0.717, 1.165) is 32.1 Å². The molecule has 0 amide bonds. The van der Waals surface area contributed by atoms with Gasteiger partial charge in [-0.2, -0.15) is 0 Å². The van der Waals surface area contributed by atoms with E-state index >= 15 is 0 Å². The molecule has 0 radical (unpaired) electrons. The number of hydrogen-bond donors (Lipinski definition) is 3. The zero-order valence-corrected chi connectivity index (χ0v) is 36.4. The van der Waals surface area contributed by atoms with E-state index in [4.69, 9.17) is 23.6 Å². The summed E-state index contributed by atoms with van der Waals surface area (Å²) in [6.45, 7) is 3.58. The van der Waals surface area contributed by atoms with Gasteiger partial charge in [0.1, 0.15) is 12.2 Å². The van der Waals surface area contributed by atoms with Crippen LogP contribution >= 0.6 is 7.82 Å². The molecule has 0 aromatic heterocycles. The molecule has 0 aromatic carbocycles. The maximum absolute atomic E-state index is 12.6. The molecule has 54 heavy (non-hydrogen) atoms. The highest BCUT2D eigenvalue weighted by atomic mass is 31.2. The molecule has 0 aliphatic heterocycles. The Morgan fingerprint density at radius 3 is 1.20 bits per heavy atom. The molecule has 10 heteroatoms. The van der Waals surface area contributed by atoms with Gasteiger partial charge in [0.25, 0.3) is 0 Å². The first-order valence-corrected chi connectivity index (χ1v) is 24.5. The van der Waals surface area contributed by atoms with Crippen LogP contribution in [0.25, 0.3) is 0 Å². The molecule has 9 nitrogen and oxygen atoms in total. The van der Waals surface area contributed by atoms with E-state index < -0.39 is 33.2 Å². The monoisotopic (exact) mass is 793 g/mol. The van der Waals surface area contributed by atoms with Gasteiger partial charge in [0.15, 0.2) is 0 Å². The fraction of sp³-hybridized carbons (Fsp3) is 0.977. The first-order valence-electron chi connectivity index (χ1n) is 23.0. The summed E-state index contributed by atoms with van der Waals surface area (Å²) in [6, 6.07) is 0. The number of aliphatic hydroxyl groups excluding tert-OH is 2. The summed E-state index contributed by atoms with van der Waals surface area (Å²) < 4.78 is 33.4. The summed E-state index contributed by atoms with van der Waals surface area (Å²) in [5, 5.41) is 18.4. The third-order valence-corrected chi connectivity index (χ3v) is 11.2. The number of esters is 1. The zero-order valence-electron chi connectivity index (χ0n) is 35.5. The first-order chi connectivity index (χ1) is 26.3. The number of carbonyl (C=O) groups is 1. The predicted molar refractivity (Wildman–Crippen MR) is 224 cm³/mol. The Balaban J connectivity index is 4.08. The quantitative estimate of drug-likeness (QED) is 0.0313. The topological polar surface area (TPSA) is 132 Å². The number of phosphoric acid groups is 1. The molecule has 0 saturated heterocycles. The second-order valence-corrected chi connectivity index (χ2v) is 17.2. The molecule has 0 aliphatic rings. The van der Waals surface area contributed by atoms with E-state index in [-0.39, 0.29) is 25.6 Å². The van der Waals surface area contributed by atoms with E-state index in [1.54, 1.807) is 0 Å². The highest BCUT2D eigenvalue weighted by Crippen LogP contribution is 2.43. The lowest BCUT2D eigenvalue weighted by Gasteiger charge is -2.20. The molecule has 0 saturated carbocycles. The largest absolute Gasteiger partial charge is 0.472 e. The minimum atomic E-state index is -4.51. The summed E-state index contributed by atoms with van der Waals surface area (Å²) in [6.07, 6.45) is 40.6. The van der Waals surface area contributed by atoms with Crippen molar-refractivity contribution < 1.29 is 43.0 Å². The summed E-state index contributed by atoms with van der Waals surface area (Å²) in [7, 11) is -4.51. The Morgan fingerprint density at radius 1 is 0.500 bits per heavy atom. The van der Waals surface area contributed by atoms with Crippen LogP contribution in [0.5, 0.6) is 0 Å². The van der Waals surface area contributed by atoms with E-state index in [1.165, 1.54) is 180 Å². The molecule has 0 heterocycles. The molecule has 3 unspecified atom stereocenters. The molecule has 0 aromatic rings. The minimum absolute atomic E-state index is 0.0584. The number of hydrogen-bond acceptors (Lipinski definition) is 8. The molecular formula is C44H89O9P. The van der Waals surface area contributed by atoms with E-state index in [0.29, 0.717) is 6.61 Å². The van der Waals surface area contributed by atoms with Crippen LogP contribution < -0.4 is 0 Å². The van der Waals surface area contributed by atoms with Gasteiger partial charge in [-0.1, -0.05) is 213 Å². The van der Waals surface area contributed by atoms with Crippen molar-refractivity contribution >= 4 is 13.8 Å². The van der Waals surface area contributed by atoms with Crippen molar-refractivity contribution in [2.45, 2.75) is 244 Å². The van der Waals surface area contributed by atoms with Gasteiger partial charge in [0.05, 0.1) is 26.4 Å². The van der Waals surface area contributed by atoms with Gasteiger partial charge in [-0.25, -0.2) is 4.57 Å². The van der Waals surface area contributed by atoms with Crippen molar-refractivity contribution in [3.05, 3.63) is 0 Å². The molecule has 0 rings (SSSR count). The van der Waals surface area contributed by atoms with Crippen LogP contribution in [0.1, 0.15) is 232 Å². The van der Waals surface area contributed by atoms with Crippen LogP contribution in [0.4, 0.5) is 0 Å². The fourth-order valence-electron chi connectivity index (χ4n) is 6.77. The molecule has 3 atom stereocenters. The Labute approximate surface area is 333 Å². The molecule has 324 valence electrons. The smallest absolute Gasteiger partial charge is 0.457 e. The Bertz CT molecular complexity index is 815. The van der Waals surface area contributed by atoms with E-state index in [9.17, 15) is 19.4 Å². The number of carbonyl (C=O) groups excluding carboxylic acids is 1. The van der Waals surface area contributed by atoms with Gasteiger partial charge in [-0.15, -0.1) is 0 Å². The van der Waals surface area contributed by atoms with Crippen LogP contribution in [0, 0.1) is 0 Å². The van der Waals surface area contributed by atoms with Crippen LogP contribution in [0.15, 0.2) is 0 Å². The Hall–Kier alpha value is -0.540. The highest BCUT2D eigenvalue weighted by molar-refractivity contribution is 7.47. The maximum atomic E-state index is 12.6. The normalized spacial score (nSPS) is 13.9. The van der Waals surface area contributed by atoms with Gasteiger partial charge in [0, 0.05) is 13.0 Å². The van der Waals surface area contributed by atoms with Gasteiger partial charge in [-0.05, 0) is 12.8 Å². The summed E-state index contributed by atoms with van der Waals surface area (Å²) in [4.78, 5) is 22.6.